The first-order valence-corrected chi connectivity index (χ1v) is 11.4. The molecular weight excluding hydrogens is 418 g/mol. The smallest absolute Gasteiger partial charge is 0.269 e. The van der Waals surface area contributed by atoms with Gasteiger partial charge in [0, 0.05) is 49.5 Å². The van der Waals surface area contributed by atoms with E-state index in [4.69, 9.17) is 9.47 Å². The molecule has 2 aliphatic heterocycles. The van der Waals surface area contributed by atoms with E-state index in [0.717, 1.165) is 67.5 Å². The predicted molar refractivity (Wildman–Crippen MR) is 127 cm³/mol. The van der Waals surface area contributed by atoms with E-state index in [1.807, 2.05) is 36.4 Å². The molecule has 1 fully saturated rings. The Labute approximate surface area is 193 Å². The summed E-state index contributed by atoms with van der Waals surface area (Å²) in [6.07, 6.45) is 0.907. The Morgan fingerprint density at radius 1 is 1.12 bits per heavy atom. The fourth-order valence-electron chi connectivity index (χ4n) is 4.47. The van der Waals surface area contributed by atoms with Crippen LogP contribution in [0.25, 0.3) is 11.3 Å². The molecule has 3 heterocycles. The summed E-state index contributed by atoms with van der Waals surface area (Å²) < 4.78 is 11.0. The zero-order valence-corrected chi connectivity index (χ0v) is 18.8. The second-order valence-corrected chi connectivity index (χ2v) is 8.35. The van der Waals surface area contributed by atoms with Gasteiger partial charge in [0.25, 0.3) is 5.91 Å². The van der Waals surface area contributed by atoms with E-state index in [1.54, 1.807) is 7.11 Å². The minimum atomic E-state index is -0.129. The van der Waals surface area contributed by atoms with Gasteiger partial charge in [0.2, 0.25) is 0 Å². The third-order valence-electron chi connectivity index (χ3n) is 6.35. The fraction of sp³-hybridized carbons (Fsp3) is 0.360. The van der Waals surface area contributed by atoms with Gasteiger partial charge in [-0.15, -0.1) is 0 Å². The maximum Gasteiger partial charge on any atom is 0.269 e. The van der Waals surface area contributed by atoms with Crippen molar-refractivity contribution in [2.45, 2.75) is 13.0 Å². The van der Waals surface area contributed by atoms with Crippen molar-refractivity contribution < 1.29 is 14.3 Å². The number of aromatic nitrogens is 2. The summed E-state index contributed by atoms with van der Waals surface area (Å²) in [4.78, 5) is 17.6. The third-order valence-corrected chi connectivity index (χ3v) is 6.35. The molecule has 172 valence electrons. The molecule has 0 atom stereocenters. The van der Waals surface area contributed by atoms with Crippen LogP contribution in [0.1, 0.15) is 22.5 Å². The zero-order chi connectivity index (χ0) is 22.6. The van der Waals surface area contributed by atoms with Crippen molar-refractivity contribution >= 4 is 11.6 Å². The standard InChI is InChI=1S/C25H29N5O3/c1-32-19-9-7-18(8-10-19)30-15-13-29(14-16-30)12-4-11-26-25(31)24-21-17-33-22-6-3-2-5-20(22)23(21)27-28-24/h2-3,5-10H,4,11-17H2,1H3,(H,26,31)(H,27,28). The van der Waals surface area contributed by atoms with E-state index < -0.39 is 0 Å². The van der Waals surface area contributed by atoms with Crippen molar-refractivity contribution in [1.29, 1.82) is 0 Å². The molecule has 0 saturated carbocycles. The molecule has 1 aromatic heterocycles. The van der Waals surface area contributed by atoms with Gasteiger partial charge in [-0.25, -0.2) is 0 Å². The second kappa shape index (κ2) is 9.54. The first-order valence-electron chi connectivity index (χ1n) is 11.4. The van der Waals surface area contributed by atoms with Crippen LogP contribution in [0.15, 0.2) is 48.5 Å². The van der Waals surface area contributed by atoms with Gasteiger partial charge in [-0.3, -0.25) is 14.8 Å². The highest BCUT2D eigenvalue weighted by molar-refractivity contribution is 5.96. The lowest BCUT2D eigenvalue weighted by atomic mass is 10.0. The summed E-state index contributed by atoms with van der Waals surface area (Å²) in [6.45, 7) is 5.98. The van der Waals surface area contributed by atoms with E-state index in [9.17, 15) is 4.79 Å². The third kappa shape index (κ3) is 4.52. The van der Waals surface area contributed by atoms with Crippen LogP contribution in [0.5, 0.6) is 11.5 Å². The van der Waals surface area contributed by atoms with Crippen LogP contribution in [0.2, 0.25) is 0 Å². The minimum Gasteiger partial charge on any atom is -0.497 e. The number of hydrogen-bond donors (Lipinski definition) is 2. The van der Waals surface area contributed by atoms with Crippen molar-refractivity contribution in [3.8, 4) is 22.8 Å². The Balaban J connectivity index is 1.07. The van der Waals surface area contributed by atoms with Gasteiger partial charge in [0.05, 0.1) is 7.11 Å². The summed E-state index contributed by atoms with van der Waals surface area (Å²) >= 11 is 0. The van der Waals surface area contributed by atoms with Gasteiger partial charge in [0.15, 0.2) is 0 Å². The summed E-state index contributed by atoms with van der Waals surface area (Å²) in [6, 6.07) is 16.0. The average Bonchev–Trinajstić information content (AvgIpc) is 3.32. The van der Waals surface area contributed by atoms with E-state index >= 15 is 0 Å². The number of para-hydroxylation sites is 1. The largest absolute Gasteiger partial charge is 0.497 e. The normalized spacial score (nSPS) is 15.4. The first-order chi connectivity index (χ1) is 16.2. The number of fused-ring (bicyclic) bond motifs is 3. The van der Waals surface area contributed by atoms with Crippen LogP contribution in [0, 0.1) is 0 Å². The van der Waals surface area contributed by atoms with Crippen LogP contribution in [0.4, 0.5) is 5.69 Å². The Kier molecular flexibility index (Phi) is 6.17. The molecule has 1 amide bonds. The Morgan fingerprint density at radius 3 is 2.70 bits per heavy atom. The number of carbonyl (C=O) groups excluding carboxylic acids is 1. The number of ether oxygens (including phenoxy) is 2. The van der Waals surface area contributed by atoms with Crippen LogP contribution in [-0.2, 0) is 6.61 Å². The summed E-state index contributed by atoms with van der Waals surface area (Å²) in [5.74, 6) is 1.55. The van der Waals surface area contributed by atoms with Gasteiger partial charge >= 0.3 is 0 Å². The van der Waals surface area contributed by atoms with Crippen LogP contribution in [0.3, 0.4) is 0 Å². The molecule has 2 aromatic carbocycles. The Hall–Kier alpha value is -3.52. The molecule has 3 aromatic rings. The van der Waals surface area contributed by atoms with Crippen molar-refractivity contribution in [3.05, 3.63) is 59.8 Å². The number of aromatic amines is 1. The number of carbonyl (C=O) groups is 1. The summed E-state index contributed by atoms with van der Waals surface area (Å²) in [5, 5.41) is 10.3. The number of nitrogens with zero attached hydrogens (tertiary/aromatic N) is 3. The lowest BCUT2D eigenvalue weighted by molar-refractivity contribution is 0.0944. The van der Waals surface area contributed by atoms with E-state index in [0.29, 0.717) is 18.8 Å². The number of rotatable bonds is 7. The molecule has 0 radical (unpaired) electrons. The molecule has 2 aliphatic rings. The maximum atomic E-state index is 12.7. The van der Waals surface area contributed by atoms with Crippen molar-refractivity contribution in [1.82, 2.24) is 20.4 Å². The van der Waals surface area contributed by atoms with Crippen molar-refractivity contribution in [2.75, 3.05) is 51.3 Å². The van der Waals surface area contributed by atoms with Gasteiger partial charge in [-0.1, -0.05) is 12.1 Å². The number of nitrogens with one attached hydrogen (secondary N) is 2. The monoisotopic (exact) mass is 447 g/mol. The molecule has 0 unspecified atom stereocenters. The quantitative estimate of drug-likeness (QED) is 0.542. The predicted octanol–water partition coefficient (Wildman–Crippen LogP) is 2.92. The molecule has 0 spiro atoms. The van der Waals surface area contributed by atoms with Crippen LogP contribution >= 0.6 is 0 Å². The van der Waals surface area contributed by atoms with E-state index in [1.165, 1.54) is 5.69 Å². The molecule has 5 rings (SSSR count). The number of hydrogen-bond acceptors (Lipinski definition) is 6. The second-order valence-electron chi connectivity index (χ2n) is 8.35. The molecular formula is C25H29N5O3. The first kappa shape index (κ1) is 21.3. The number of methoxy groups -OCH3 is 1. The molecule has 1 saturated heterocycles. The molecule has 0 bridgehead atoms. The van der Waals surface area contributed by atoms with E-state index in [2.05, 4.69) is 37.4 Å². The number of anilines is 1. The number of amides is 1. The number of H-pyrrole nitrogens is 1. The van der Waals surface area contributed by atoms with Gasteiger partial charge in [0.1, 0.15) is 29.5 Å². The maximum absolute atomic E-state index is 12.7. The highest BCUT2D eigenvalue weighted by atomic mass is 16.5. The van der Waals surface area contributed by atoms with E-state index in [-0.39, 0.29) is 5.91 Å². The van der Waals surface area contributed by atoms with Crippen molar-refractivity contribution in [3.63, 3.8) is 0 Å². The zero-order valence-electron chi connectivity index (χ0n) is 18.8. The SMILES string of the molecule is COc1ccc(N2CCN(CCCNC(=O)c3[nH]nc4c3COc3ccccc3-4)CC2)cc1. The van der Waals surface area contributed by atoms with Crippen LogP contribution in [-0.4, -0.2) is 67.4 Å². The lowest BCUT2D eigenvalue weighted by Gasteiger charge is -2.36. The highest BCUT2D eigenvalue weighted by Gasteiger charge is 2.26. The molecule has 2 N–H and O–H groups in total. The highest BCUT2D eigenvalue weighted by Crippen LogP contribution is 2.36. The van der Waals surface area contributed by atoms with Gasteiger partial charge in [-0.2, -0.15) is 5.10 Å². The number of benzene rings is 2. The Bertz CT molecular complexity index is 1100. The Morgan fingerprint density at radius 2 is 1.91 bits per heavy atom. The number of piperazine rings is 1. The average molecular weight is 448 g/mol. The minimum absolute atomic E-state index is 0.129. The summed E-state index contributed by atoms with van der Waals surface area (Å²) in [5.41, 5.74) is 4.27. The molecule has 8 heteroatoms. The van der Waals surface area contributed by atoms with Crippen molar-refractivity contribution in [2.24, 2.45) is 0 Å². The molecule has 33 heavy (non-hydrogen) atoms. The van der Waals surface area contributed by atoms with Gasteiger partial charge < -0.3 is 19.7 Å². The molecule has 8 nitrogen and oxygen atoms in total. The summed E-state index contributed by atoms with van der Waals surface area (Å²) in [7, 11) is 1.69. The topological polar surface area (TPSA) is 82.7 Å². The van der Waals surface area contributed by atoms with Crippen LogP contribution < -0.4 is 19.7 Å². The van der Waals surface area contributed by atoms with Gasteiger partial charge in [-0.05, 0) is 49.4 Å². The fourth-order valence-corrected chi connectivity index (χ4v) is 4.47. The molecule has 0 aliphatic carbocycles. The lowest BCUT2D eigenvalue weighted by Crippen LogP contribution is -2.47.